The van der Waals surface area contributed by atoms with Crippen LogP contribution in [0.15, 0.2) is 97.1 Å². The largest absolute Gasteiger partial charge is 0.382 e. The van der Waals surface area contributed by atoms with Crippen molar-refractivity contribution in [3.05, 3.63) is 139 Å². The summed E-state index contributed by atoms with van der Waals surface area (Å²) in [7, 11) is 5.46. The van der Waals surface area contributed by atoms with E-state index in [0.29, 0.717) is 71.8 Å². The number of hydrogen-bond donors (Lipinski definition) is 2. The van der Waals surface area contributed by atoms with E-state index >= 15 is 0 Å². The second kappa shape index (κ2) is 32.0. The molecule has 6 rings (SSSR count). The van der Waals surface area contributed by atoms with Gasteiger partial charge in [0.25, 0.3) is 0 Å². The van der Waals surface area contributed by atoms with Crippen molar-refractivity contribution in [1.29, 1.82) is 0 Å². The fourth-order valence-corrected chi connectivity index (χ4v) is 9.34. The number of likely N-dealkylation sites (N-methyl/N-ethyl adjacent to an activating group) is 2. The minimum absolute atomic E-state index is 0.0346. The molecule has 2 saturated heterocycles. The number of ether oxygens (including phenoxy) is 4. The molecule has 2 aliphatic rings. The summed E-state index contributed by atoms with van der Waals surface area (Å²) < 4.78 is 21.6. The van der Waals surface area contributed by atoms with Crippen LogP contribution in [0.1, 0.15) is 60.5 Å². The van der Waals surface area contributed by atoms with Crippen molar-refractivity contribution in [2.45, 2.75) is 63.2 Å². The van der Waals surface area contributed by atoms with Gasteiger partial charge in [-0.25, -0.2) is 0 Å². The van der Waals surface area contributed by atoms with Gasteiger partial charge in [-0.1, -0.05) is 126 Å². The Hall–Kier alpha value is -3.34. The van der Waals surface area contributed by atoms with E-state index in [4.69, 9.17) is 65.4 Å². The highest BCUT2D eigenvalue weighted by atomic mass is 35.5. The van der Waals surface area contributed by atoms with Crippen LogP contribution in [-0.4, -0.2) is 163 Å². The molecule has 0 bridgehead atoms. The Bertz CT molecular complexity index is 2130. The molecule has 70 heavy (non-hydrogen) atoms. The normalized spacial score (nSPS) is 17.0. The summed E-state index contributed by atoms with van der Waals surface area (Å²) in [5.74, 6) is 0.102. The summed E-state index contributed by atoms with van der Waals surface area (Å²) in [5, 5.41) is 9.12. The van der Waals surface area contributed by atoms with Crippen molar-refractivity contribution in [3.63, 3.8) is 0 Å². The van der Waals surface area contributed by atoms with Crippen LogP contribution in [0.4, 0.5) is 0 Å². The minimum Gasteiger partial charge on any atom is -0.382 e. The average Bonchev–Trinajstić information content (AvgIpc) is 4.03. The lowest BCUT2D eigenvalue weighted by Gasteiger charge is -2.32. The number of hydrogen-bond acceptors (Lipinski definition) is 10. The van der Waals surface area contributed by atoms with E-state index in [1.165, 1.54) is 0 Å². The van der Waals surface area contributed by atoms with Crippen molar-refractivity contribution in [1.82, 2.24) is 30.2 Å². The first-order valence-corrected chi connectivity index (χ1v) is 26.1. The molecule has 0 saturated carbocycles. The molecule has 2 N–H and O–H groups in total. The van der Waals surface area contributed by atoms with E-state index in [0.717, 1.165) is 100 Å². The van der Waals surface area contributed by atoms with E-state index in [-0.39, 0.29) is 36.7 Å². The summed E-state index contributed by atoms with van der Waals surface area (Å²) in [6.07, 6.45) is 3.77. The van der Waals surface area contributed by atoms with Gasteiger partial charge in [-0.15, -0.1) is 0 Å². The molecule has 2 heterocycles. The van der Waals surface area contributed by atoms with E-state index in [2.05, 4.69) is 51.6 Å². The summed E-state index contributed by atoms with van der Waals surface area (Å²) in [5.41, 5.74) is 3.99. The molecule has 2 aliphatic heterocycles. The van der Waals surface area contributed by atoms with Crippen molar-refractivity contribution in [2.24, 2.45) is 0 Å². The van der Waals surface area contributed by atoms with Gasteiger partial charge in [0, 0.05) is 79.2 Å². The van der Waals surface area contributed by atoms with Gasteiger partial charge >= 0.3 is 0 Å². The molecule has 4 aromatic carbocycles. The summed E-state index contributed by atoms with van der Waals surface area (Å²) in [6.45, 7) is 13.9. The quantitative estimate of drug-likeness (QED) is 0.0536. The zero-order valence-electron chi connectivity index (χ0n) is 41.4. The van der Waals surface area contributed by atoms with Gasteiger partial charge < -0.3 is 39.4 Å². The Morgan fingerprint density at radius 1 is 0.586 bits per heavy atom. The number of likely N-dealkylation sites (tertiary alicyclic amines) is 2. The lowest BCUT2D eigenvalue weighted by molar-refractivity contribution is -0.132. The molecule has 0 spiro atoms. The number of nitrogens with zero attached hydrogens (tertiary/aromatic N) is 4. The number of methoxy groups -OCH3 is 1. The SMILES string of the molecule is CCCOCCOCCN[C@H]1CCN(C[C@H](c2ccccc2)N(C)C(=O)Cc2ccc(Cl)c(Cl)c2)C1.COCCOCCN[C@H]1CCN(C[C@H](c2ccccc2)N(C)C(=O)Cc2ccc(Cl)c(Cl)c2)C1. The molecule has 2 amide bonds. The molecule has 0 aromatic heterocycles. The van der Waals surface area contributed by atoms with E-state index < -0.39 is 0 Å². The fourth-order valence-electron chi connectivity index (χ4n) is 8.70. The Morgan fingerprint density at radius 2 is 1.00 bits per heavy atom. The van der Waals surface area contributed by atoms with Crippen LogP contribution in [0, 0.1) is 0 Å². The second-order valence-electron chi connectivity index (χ2n) is 17.9. The molecule has 0 aliphatic carbocycles. The zero-order valence-corrected chi connectivity index (χ0v) is 44.5. The summed E-state index contributed by atoms with van der Waals surface area (Å²) >= 11 is 24.4. The van der Waals surface area contributed by atoms with Crippen molar-refractivity contribution in [3.8, 4) is 0 Å². The van der Waals surface area contributed by atoms with Crippen molar-refractivity contribution >= 4 is 58.2 Å². The van der Waals surface area contributed by atoms with Crippen LogP contribution in [-0.2, 0) is 41.4 Å². The Kier molecular flexibility index (Phi) is 26.3. The van der Waals surface area contributed by atoms with Gasteiger partial charge in [-0.3, -0.25) is 19.4 Å². The standard InChI is InChI=1S/C28H39Cl2N3O3.C26H35Cl2N3O3/c1-3-14-35-16-17-36-15-12-31-24-11-13-33(20-24)21-27(23-7-5-4-6-8-23)32(2)28(34)19-22-9-10-25(29)26(30)18-22;1-30(26(32)17-20-8-9-23(27)24(28)16-20)25(21-6-4-3-5-7-21)19-31-12-10-22(18-31)29-11-13-34-15-14-33-2/h4-10,18,24,27,31H,3,11-17,19-21H2,1-2H3;3-9,16,22,25,29H,10-15,17-19H2,1-2H3/t24-,27+;22-,25+/m00/s1. The lowest BCUT2D eigenvalue weighted by Crippen LogP contribution is -2.41. The molecule has 12 nitrogen and oxygen atoms in total. The maximum absolute atomic E-state index is 13.2. The van der Waals surface area contributed by atoms with Gasteiger partial charge in [0.15, 0.2) is 0 Å². The van der Waals surface area contributed by atoms with Gasteiger partial charge in [0.2, 0.25) is 11.8 Å². The van der Waals surface area contributed by atoms with E-state index in [1.807, 2.05) is 72.4 Å². The first-order valence-electron chi connectivity index (χ1n) is 24.6. The first-order chi connectivity index (χ1) is 33.9. The Morgan fingerprint density at radius 3 is 1.40 bits per heavy atom. The third-order valence-electron chi connectivity index (χ3n) is 12.7. The first kappa shape index (κ1) is 57.6. The number of carbonyl (C=O) groups is 2. The predicted molar refractivity (Wildman–Crippen MR) is 285 cm³/mol. The molecule has 384 valence electrons. The van der Waals surface area contributed by atoms with Gasteiger partial charge in [-0.05, 0) is 78.9 Å². The van der Waals surface area contributed by atoms with Crippen LogP contribution in [0.2, 0.25) is 20.1 Å². The maximum Gasteiger partial charge on any atom is 0.227 e. The predicted octanol–water partition coefficient (Wildman–Crippen LogP) is 8.91. The van der Waals surface area contributed by atoms with Gasteiger partial charge in [-0.2, -0.15) is 0 Å². The molecule has 16 heteroatoms. The lowest BCUT2D eigenvalue weighted by atomic mass is 10.0. The number of halogens is 4. The van der Waals surface area contributed by atoms with Crippen molar-refractivity contribution < 1.29 is 28.5 Å². The monoisotopic (exact) mass is 1040 g/mol. The van der Waals surface area contributed by atoms with E-state index in [1.54, 1.807) is 31.4 Å². The minimum atomic E-state index is -0.0355. The van der Waals surface area contributed by atoms with Crippen LogP contribution in [0.3, 0.4) is 0 Å². The summed E-state index contributed by atoms with van der Waals surface area (Å²) in [4.78, 5) is 35.1. The number of benzene rings is 4. The second-order valence-corrected chi connectivity index (χ2v) is 19.6. The smallest absolute Gasteiger partial charge is 0.227 e. The number of amides is 2. The van der Waals surface area contributed by atoms with Crippen LogP contribution in [0.5, 0.6) is 0 Å². The third kappa shape index (κ3) is 19.9. The number of rotatable bonds is 28. The molecule has 0 unspecified atom stereocenters. The number of nitrogens with one attached hydrogen (secondary N) is 2. The topological polar surface area (TPSA) is 108 Å². The molecule has 4 atom stereocenters. The Labute approximate surface area is 437 Å². The van der Waals surface area contributed by atoms with Crippen LogP contribution >= 0.6 is 46.4 Å². The number of carbonyl (C=O) groups excluding carboxylic acids is 2. The van der Waals surface area contributed by atoms with Gasteiger partial charge in [0.1, 0.15) is 0 Å². The maximum atomic E-state index is 13.2. The zero-order chi connectivity index (χ0) is 50.1. The van der Waals surface area contributed by atoms with E-state index in [9.17, 15) is 9.59 Å². The fraction of sp³-hybridized carbons (Fsp3) is 0.519. The molecule has 2 fully saturated rings. The molecule has 0 radical (unpaired) electrons. The third-order valence-corrected chi connectivity index (χ3v) is 14.2. The van der Waals surface area contributed by atoms with Crippen LogP contribution < -0.4 is 10.6 Å². The highest BCUT2D eigenvalue weighted by Gasteiger charge is 2.30. The molecule has 4 aromatic rings. The highest BCUT2D eigenvalue weighted by molar-refractivity contribution is 6.42. The molecular formula is C54H74Cl4N6O6. The average molecular weight is 1050 g/mol. The van der Waals surface area contributed by atoms with Crippen molar-refractivity contribution in [2.75, 3.05) is 120 Å². The summed E-state index contributed by atoms with van der Waals surface area (Å²) in [6, 6.07) is 32.0. The Balaban J connectivity index is 0.000000261. The highest BCUT2D eigenvalue weighted by Crippen LogP contribution is 2.28. The van der Waals surface area contributed by atoms with Gasteiger partial charge in [0.05, 0.1) is 84.7 Å². The van der Waals surface area contributed by atoms with Crippen LogP contribution in [0.25, 0.3) is 0 Å². The molecular weight excluding hydrogens is 970 g/mol.